The van der Waals surface area contributed by atoms with Gasteiger partial charge in [0.1, 0.15) is 6.10 Å². The number of ether oxygens (including phenoxy) is 1. The largest absolute Gasteiger partial charge is 0.370 e. The van der Waals surface area contributed by atoms with Crippen LogP contribution in [0.3, 0.4) is 0 Å². The first-order valence-electron chi connectivity index (χ1n) is 7.48. The van der Waals surface area contributed by atoms with Crippen LogP contribution in [0.15, 0.2) is 53.4 Å². The molecule has 0 N–H and O–H groups in total. The Bertz CT molecular complexity index is 693. The molecule has 0 bridgehead atoms. The van der Waals surface area contributed by atoms with E-state index in [-0.39, 0.29) is 12.0 Å². The maximum atomic E-state index is 12.8. The molecule has 0 radical (unpaired) electrons. The third kappa shape index (κ3) is 3.71. The van der Waals surface area contributed by atoms with Crippen LogP contribution in [0.25, 0.3) is 0 Å². The van der Waals surface area contributed by atoms with Gasteiger partial charge in [-0.15, -0.1) is 11.8 Å². The van der Waals surface area contributed by atoms with Crippen LogP contribution in [0, 0.1) is 0 Å². The molecule has 0 aromatic heterocycles. The predicted octanol–water partition coefficient (Wildman–Crippen LogP) is 4.28. The minimum Gasteiger partial charge on any atom is -0.370 e. The number of rotatable bonds is 3. The van der Waals surface area contributed by atoms with E-state index < -0.39 is 0 Å². The van der Waals surface area contributed by atoms with Gasteiger partial charge in [0.15, 0.2) is 0 Å². The van der Waals surface area contributed by atoms with Crippen molar-refractivity contribution < 1.29 is 9.53 Å². The standard InChI is InChI=1S/C18H18ClNO2S/c1-23-14-7-8-16(19)15(11-14)18(21)20-9-10-22-17(12-20)13-5-3-2-4-6-13/h2-8,11,17H,9-10,12H2,1H3. The van der Waals surface area contributed by atoms with Crippen LogP contribution in [-0.2, 0) is 4.74 Å². The number of thioether (sulfide) groups is 1. The zero-order valence-corrected chi connectivity index (χ0v) is 14.4. The molecule has 1 saturated heterocycles. The maximum absolute atomic E-state index is 12.8. The predicted molar refractivity (Wildman–Crippen MR) is 94.3 cm³/mol. The summed E-state index contributed by atoms with van der Waals surface area (Å²) in [6, 6.07) is 15.6. The summed E-state index contributed by atoms with van der Waals surface area (Å²) in [6.45, 7) is 1.66. The normalized spacial score (nSPS) is 18.0. The van der Waals surface area contributed by atoms with E-state index in [0.29, 0.717) is 30.3 Å². The topological polar surface area (TPSA) is 29.5 Å². The van der Waals surface area contributed by atoms with Crippen LogP contribution in [-0.4, -0.2) is 36.8 Å². The highest BCUT2D eigenvalue weighted by Crippen LogP contribution is 2.27. The highest BCUT2D eigenvalue weighted by molar-refractivity contribution is 7.98. The van der Waals surface area contributed by atoms with Crippen LogP contribution >= 0.6 is 23.4 Å². The van der Waals surface area contributed by atoms with Gasteiger partial charge in [-0.1, -0.05) is 41.9 Å². The highest BCUT2D eigenvalue weighted by Gasteiger charge is 2.27. The molecule has 120 valence electrons. The Balaban J connectivity index is 1.80. The molecule has 5 heteroatoms. The molecule has 3 rings (SSSR count). The molecule has 2 aromatic carbocycles. The van der Waals surface area contributed by atoms with Crippen molar-refractivity contribution >= 4 is 29.3 Å². The fourth-order valence-electron chi connectivity index (χ4n) is 2.67. The van der Waals surface area contributed by atoms with Gasteiger partial charge in [-0.25, -0.2) is 0 Å². The van der Waals surface area contributed by atoms with Crippen LogP contribution < -0.4 is 0 Å². The van der Waals surface area contributed by atoms with Gasteiger partial charge in [0.25, 0.3) is 5.91 Å². The quantitative estimate of drug-likeness (QED) is 0.776. The average Bonchev–Trinajstić information content (AvgIpc) is 2.62. The fourth-order valence-corrected chi connectivity index (χ4v) is 3.31. The van der Waals surface area contributed by atoms with Crippen molar-refractivity contribution in [3.63, 3.8) is 0 Å². The number of benzene rings is 2. The minimum absolute atomic E-state index is 0.0323. The summed E-state index contributed by atoms with van der Waals surface area (Å²) in [5, 5.41) is 0.496. The van der Waals surface area contributed by atoms with E-state index in [0.717, 1.165) is 10.5 Å². The zero-order valence-electron chi connectivity index (χ0n) is 12.9. The van der Waals surface area contributed by atoms with E-state index >= 15 is 0 Å². The van der Waals surface area contributed by atoms with E-state index in [4.69, 9.17) is 16.3 Å². The first kappa shape index (κ1) is 16.4. The highest BCUT2D eigenvalue weighted by atomic mass is 35.5. The van der Waals surface area contributed by atoms with Crippen molar-refractivity contribution in [2.45, 2.75) is 11.0 Å². The number of hydrogen-bond acceptors (Lipinski definition) is 3. The van der Waals surface area contributed by atoms with Crippen molar-refractivity contribution in [3.8, 4) is 0 Å². The second-order valence-electron chi connectivity index (χ2n) is 5.37. The molecule has 0 aliphatic carbocycles. The Labute approximate surface area is 145 Å². The number of nitrogens with zero attached hydrogens (tertiary/aromatic N) is 1. The van der Waals surface area contributed by atoms with Crippen molar-refractivity contribution in [2.24, 2.45) is 0 Å². The Morgan fingerprint density at radius 2 is 2.04 bits per heavy atom. The summed E-state index contributed by atoms with van der Waals surface area (Å²) < 4.78 is 5.82. The Hall–Kier alpha value is -1.49. The molecule has 1 aliphatic heterocycles. The van der Waals surface area contributed by atoms with E-state index in [1.165, 1.54) is 0 Å². The fraction of sp³-hybridized carbons (Fsp3) is 0.278. The third-order valence-corrected chi connectivity index (χ3v) is 4.98. The second kappa shape index (κ2) is 7.39. The van der Waals surface area contributed by atoms with Crippen molar-refractivity contribution in [3.05, 3.63) is 64.7 Å². The summed E-state index contributed by atoms with van der Waals surface area (Å²) in [4.78, 5) is 15.7. The lowest BCUT2D eigenvalue weighted by Gasteiger charge is -2.33. The molecule has 1 heterocycles. The minimum atomic E-state index is -0.0867. The van der Waals surface area contributed by atoms with Crippen LogP contribution in [0.4, 0.5) is 0 Å². The first-order valence-corrected chi connectivity index (χ1v) is 9.08. The summed E-state index contributed by atoms with van der Waals surface area (Å²) in [7, 11) is 0. The molecule has 1 amide bonds. The van der Waals surface area contributed by atoms with Crippen LogP contribution in [0.5, 0.6) is 0 Å². The molecule has 3 nitrogen and oxygen atoms in total. The molecule has 1 unspecified atom stereocenters. The number of carbonyl (C=O) groups excluding carboxylic acids is 1. The SMILES string of the molecule is CSc1ccc(Cl)c(C(=O)N2CCOC(c3ccccc3)C2)c1. The van der Waals surface area contributed by atoms with Gasteiger partial charge in [-0.05, 0) is 30.0 Å². The molecular formula is C18H18ClNO2S. The van der Waals surface area contributed by atoms with E-state index in [1.807, 2.05) is 53.6 Å². The second-order valence-corrected chi connectivity index (χ2v) is 6.65. The number of hydrogen-bond donors (Lipinski definition) is 0. The van der Waals surface area contributed by atoms with Gasteiger partial charge in [0, 0.05) is 11.4 Å². The average molecular weight is 348 g/mol. The van der Waals surface area contributed by atoms with E-state index in [9.17, 15) is 4.79 Å². The molecule has 1 fully saturated rings. The van der Waals surface area contributed by atoms with E-state index in [1.54, 1.807) is 17.8 Å². The van der Waals surface area contributed by atoms with Crippen LogP contribution in [0.2, 0.25) is 5.02 Å². The number of amides is 1. The summed E-state index contributed by atoms with van der Waals surface area (Å²) in [5.41, 5.74) is 1.65. The Kier molecular flexibility index (Phi) is 5.26. The smallest absolute Gasteiger partial charge is 0.255 e. The maximum Gasteiger partial charge on any atom is 0.255 e. The van der Waals surface area contributed by atoms with Crippen molar-refractivity contribution in [1.82, 2.24) is 4.90 Å². The monoisotopic (exact) mass is 347 g/mol. The number of morpholine rings is 1. The third-order valence-electron chi connectivity index (χ3n) is 3.93. The lowest BCUT2D eigenvalue weighted by molar-refractivity contribution is -0.0228. The summed E-state index contributed by atoms with van der Waals surface area (Å²) >= 11 is 7.83. The summed E-state index contributed by atoms with van der Waals surface area (Å²) in [6.07, 6.45) is 1.90. The molecule has 1 atom stereocenters. The Morgan fingerprint density at radius 1 is 1.26 bits per heavy atom. The van der Waals surface area contributed by atoms with Gasteiger partial charge in [0.05, 0.1) is 23.7 Å². The Morgan fingerprint density at radius 3 is 2.78 bits per heavy atom. The summed E-state index contributed by atoms with van der Waals surface area (Å²) in [5.74, 6) is -0.0323. The van der Waals surface area contributed by atoms with Crippen LogP contribution in [0.1, 0.15) is 22.0 Å². The van der Waals surface area contributed by atoms with E-state index in [2.05, 4.69) is 0 Å². The van der Waals surface area contributed by atoms with Crippen molar-refractivity contribution in [1.29, 1.82) is 0 Å². The zero-order chi connectivity index (χ0) is 16.2. The molecular weight excluding hydrogens is 330 g/mol. The number of halogens is 1. The molecule has 2 aromatic rings. The van der Waals surface area contributed by atoms with Gasteiger partial charge < -0.3 is 9.64 Å². The van der Waals surface area contributed by atoms with Gasteiger partial charge >= 0.3 is 0 Å². The molecule has 1 aliphatic rings. The van der Waals surface area contributed by atoms with Gasteiger partial charge in [-0.2, -0.15) is 0 Å². The lowest BCUT2D eigenvalue weighted by Crippen LogP contribution is -2.42. The van der Waals surface area contributed by atoms with Gasteiger partial charge in [-0.3, -0.25) is 4.79 Å². The lowest BCUT2D eigenvalue weighted by atomic mass is 10.1. The molecule has 0 spiro atoms. The van der Waals surface area contributed by atoms with Gasteiger partial charge in [0.2, 0.25) is 0 Å². The molecule has 0 saturated carbocycles. The number of carbonyl (C=O) groups is 1. The molecule has 23 heavy (non-hydrogen) atoms. The first-order chi connectivity index (χ1) is 11.2. The van der Waals surface area contributed by atoms with Crippen molar-refractivity contribution in [2.75, 3.05) is 26.0 Å².